The van der Waals surface area contributed by atoms with Gasteiger partial charge in [-0.3, -0.25) is 9.78 Å². The van der Waals surface area contributed by atoms with Gasteiger partial charge < -0.3 is 21.3 Å². The lowest BCUT2D eigenvalue weighted by Crippen LogP contribution is -2.31. The first-order valence-electron chi connectivity index (χ1n) is 11.7. The van der Waals surface area contributed by atoms with Gasteiger partial charge in [-0.2, -0.15) is 4.98 Å². The molecule has 0 bridgehead atoms. The van der Waals surface area contributed by atoms with E-state index in [1.807, 2.05) is 32.0 Å². The molecule has 1 amide bonds. The van der Waals surface area contributed by atoms with Crippen LogP contribution in [0.5, 0.6) is 0 Å². The molecule has 0 saturated heterocycles. The Labute approximate surface area is 201 Å². The van der Waals surface area contributed by atoms with Gasteiger partial charge in [-0.05, 0) is 62.2 Å². The molecule has 178 valence electrons. The molecule has 4 N–H and O–H groups in total. The molecule has 8 nitrogen and oxygen atoms in total. The number of benzene rings is 1. The molecule has 3 heterocycles. The lowest BCUT2D eigenvalue weighted by Gasteiger charge is -2.19. The summed E-state index contributed by atoms with van der Waals surface area (Å²) in [6.45, 7) is 12.1. The molecular formula is C26H33N7O. The number of pyridine rings is 1. The van der Waals surface area contributed by atoms with E-state index >= 15 is 0 Å². The van der Waals surface area contributed by atoms with Gasteiger partial charge in [-0.25, -0.2) is 4.98 Å². The third-order valence-electron chi connectivity index (χ3n) is 5.59. The van der Waals surface area contributed by atoms with Gasteiger partial charge in [0.05, 0.1) is 0 Å². The van der Waals surface area contributed by atoms with Crippen LogP contribution in [0.25, 0.3) is 0 Å². The minimum atomic E-state index is -0.226. The number of rotatable bonds is 6. The first kappa shape index (κ1) is 23.6. The predicted octanol–water partition coefficient (Wildman–Crippen LogP) is 4.44. The molecule has 0 fully saturated rings. The van der Waals surface area contributed by atoms with E-state index in [-0.39, 0.29) is 17.4 Å². The SMILES string of the molecule is CC(C)NC(=O)c1cnc(Nc2ccc3c(c2)CCNC3)nc1Nc1ccnc(C(C)(C)C)c1. The van der Waals surface area contributed by atoms with Crippen LogP contribution in [0, 0.1) is 0 Å². The number of aromatic nitrogens is 3. The lowest BCUT2D eigenvalue weighted by molar-refractivity contribution is 0.0943. The number of hydrogen-bond donors (Lipinski definition) is 4. The number of nitrogens with one attached hydrogen (secondary N) is 4. The van der Waals surface area contributed by atoms with Gasteiger partial charge >= 0.3 is 0 Å². The Morgan fingerprint density at radius 2 is 1.82 bits per heavy atom. The third-order valence-corrected chi connectivity index (χ3v) is 5.59. The van der Waals surface area contributed by atoms with Crippen molar-refractivity contribution in [2.24, 2.45) is 0 Å². The zero-order chi connectivity index (χ0) is 24.3. The average molecular weight is 460 g/mol. The van der Waals surface area contributed by atoms with Crippen molar-refractivity contribution >= 4 is 29.0 Å². The number of amides is 1. The first-order valence-corrected chi connectivity index (χ1v) is 11.7. The molecule has 0 unspecified atom stereocenters. The first-order chi connectivity index (χ1) is 16.2. The van der Waals surface area contributed by atoms with Crippen LogP contribution in [0.3, 0.4) is 0 Å². The van der Waals surface area contributed by atoms with E-state index in [1.54, 1.807) is 12.4 Å². The van der Waals surface area contributed by atoms with E-state index in [0.717, 1.165) is 36.6 Å². The van der Waals surface area contributed by atoms with Crippen molar-refractivity contribution in [1.29, 1.82) is 0 Å². The summed E-state index contributed by atoms with van der Waals surface area (Å²) in [7, 11) is 0. The summed E-state index contributed by atoms with van der Waals surface area (Å²) in [5.74, 6) is 0.627. The van der Waals surface area contributed by atoms with Gasteiger partial charge in [-0.1, -0.05) is 26.8 Å². The molecule has 4 rings (SSSR count). The second kappa shape index (κ2) is 9.77. The van der Waals surface area contributed by atoms with Crippen LogP contribution in [0.1, 0.15) is 61.8 Å². The van der Waals surface area contributed by atoms with Crippen LogP contribution >= 0.6 is 0 Å². The molecule has 8 heteroatoms. The molecule has 0 aliphatic carbocycles. The largest absolute Gasteiger partial charge is 0.350 e. The highest BCUT2D eigenvalue weighted by molar-refractivity contribution is 5.99. The summed E-state index contributed by atoms with van der Waals surface area (Å²) >= 11 is 0. The van der Waals surface area contributed by atoms with Crippen molar-refractivity contribution in [2.45, 2.75) is 59.0 Å². The van der Waals surface area contributed by atoms with Crippen molar-refractivity contribution in [2.75, 3.05) is 17.2 Å². The fourth-order valence-electron chi connectivity index (χ4n) is 3.78. The Balaban J connectivity index is 1.65. The highest BCUT2D eigenvalue weighted by atomic mass is 16.1. The average Bonchev–Trinajstić information content (AvgIpc) is 2.78. The molecule has 2 aromatic heterocycles. The van der Waals surface area contributed by atoms with E-state index in [4.69, 9.17) is 0 Å². The quantitative estimate of drug-likeness (QED) is 0.432. The second-order valence-corrected chi connectivity index (χ2v) is 9.92. The summed E-state index contributed by atoms with van der Waals surface area (Å²) in [6, 6.07) is 10.1. The summed E-state index contributed by atoms with van der Waals surface area (Å²) in [6.07, 6.45) is 4.31. The summed E-state index contributed by atoms with van der Waals surface area (Å²) in [5, 5.41) is 12.9. The van der Waals surface area contributed by atoms with Crippen LogP contribution in [-0.4, -0.2) is 33.4 Å². The number of hydrogen-bond acceptors (Lipinski definition) is 7. The maximum atomic E-state index is 12.9. The van der Waals surface area contributed by atoms with Gasteiger partial charge in [0.1, 0.15) is 11.4 Å². The molecular weight excluding hydrogens is 426 g/mol. The molecule has 34 heavy (non-hydrogen) atoms. The number of carbonyl (C=O) groups is 1. The van der Waals surface area contributed by atoms with E-state index in [2.05, 4.69) is 69.1 Å². The van der Waals surface area contributed by atoms with Crippen molar-refractivity contribution < 1.29 is 4.79 Å². The normalized spacial score (nSPS) is 13.4. The monoisotopic (exact) mass is 459 g/mol. The predicted molar refractivity (Wildman–Crippen MR) is 136 cm³/mol. The Kier molecular flexibility index (Phi) is 6.79. The van der Waals surface area contributed by atoms with Crippen LogP contribution in [0.15, 0.2) is 42.7 Å². The standard InChI is InChI=1S/C26H33N7O/c1-16(2)30-24(34)21-15-29-25(32-19-7-6-18-14-27-10-8-17(18)12-19)33-23(21)31-20-9-11-28-22(13-20)26(3,4)5/h6-7,9,11-13,15-16,27H,8,10,14H2,1-5H3,(H,30,34)(H2,28,29,31,32,33). The second-order valence-electron chi connectivity index (χ2n) is 9.92. The summed E-state index contributed by atoms with van der Waals surface area (Å²) < 4.78 is 0. The number of fused-ring (bicyclic) bond motifs is 1. The van der Waals surface area contributed by atoms with E-state index in [0.29, 0.717) is 17.3 Å². The van der Waals surface area contributed by atoms with Crippen molar-refractivity contribution in [3.8, 4) is 0 Å². The Hall–Kier alpha value is -3.52. The van der Waals surface area contributed by atoms with Gasteiger partial charge in [-0.15, -0.1) is 0 Å². The fourth-order valence-corrected chi connectivity index (χ4v) is 3.78. The number of nitrogens with zero attached hydrogens (tertiary/aromatic N) is 3. The number of carbonyl (C=O) groups excluding carboxylic acids is 1. The highest BCUT2D eigenvalue weighted by Gasteiger charge is 2.19. The molecule has 1 aliphatic heterocycles. The maximum Gasteiger partial charge on any atom is 0.256 e. The molecule has 0 saturated carbocycles. The Bertz CT molecular complexity index is 1180. The van der Waals surface area contributed by atoms with Crippen LogP contribution in [0.2, 0.25) is 0 Å². The Morgan fingerprint density at radius 1 is 1.03 bits per heavy atom. The minimum absolute atomic E-state index is 0.00319. The summed E-state index contributed by atoms with van der Waals surface area (Å²) in [5.41, 5.74) is 5.59. The van der Waals surface area contributed by atoms with E-state index < -0.39 is 0 Å². The van der Waals surface area contributed by atoms with Crippen molar-refractivity contribution in [3.05, 3.63) is 65.1 Å². The van der Waals surface area contributed by atoms with Gasteiger partial charge in [0.15, 0.2) is 0 Å². The fraction of sp³-hybridized carbons (Fsp3) is 0.385. The van der Waals surface area contributed by atoms with Crippen LogP contribution < -0.4 is 21.3 Å². The van der Waals surface area contributed by atoms with Gasteiger partial charge in [0.2, 0.25) is 5.95 Å². The van der Waals surface area contributed by atoms with Gasteiger partial charge in [0.25, 0.3) is 5.91 Å². The topological polar surface area (TPSA) is 104 Å². The van der Waals surface area contributed by atoms with Crippen molar-refractivity contribution in [1.82, 2.24) is 25.6 Å². The minimum Gasteiger partial charge on any atom is -0.350 e. The molecule has 3 aromatic rings. The molecule has 0 spiro atoms. The zero-order valence-electron chi connectivity index (χ0n) is 20.5. The molecule has 1 aliphatic rings. The summed E-state index contributed by atoms with van der Waals surface area (Å²) in [4.78, 5) is 26.4. The van der Waals surface area contributed by atoms with Crippen LogP contribution in [0.4, 0.5) is 23.1 Å². The van der Waals surface area contributed by atoms with Gasteiger partial charge in [0, 0.05) is 47.5 Å². The maximum absolute atomic E-state index is 12.9. The lowest BCUT2D eigenvalue weighted by atomic mass is 9.91. The zero-order valence-corrected chi connectivity index (χ0v) is 20.5. The Morgan fingerprint density at radius 3 is 2.59 bits per heavy atom. The van der Waals surface area contributed by atoms with Crippen LogP contribution in [-0.2, 0) is 18.4 Å². The molecule has 1 aromatic carbocycles. The van der Waals surface area contributed by atoms with E-state index in [9.17, 15) is 4.79 Å². The molecule has 0 atom stereocenters. The smallest absolute Gasteiger partial charge is 0.256 e. The molecule has 0 radical (unpaired) electrons. The van der Waals surface area contributed by atoms with E-state index in [1.165, 1.54) is 11.1 Å². The number of anilines is 4. The highest BCUT2D eigenvalue weighted by Crippen LogP contribution is 2.26. The van der Waals surface area contributed by atoms with Crippen molar-refractivity contribution in [3.63, 3.8) is 0 Å². The third kappa shape index (κ3) is 5.69.